The second-order valence-corrected chi connectivity index (χ2v) is 4.84. The van der Waals surface area contributed by atoms with Crippen LogP contribution in [0.2, 0.25) is 0 Å². The van der Waals surface area contributed by atoms with Crippen molar-refractivity contribution in [1.82, 2.24) is 19.9 Å². The highest BCUT2D eigenvalue weighted by Gasteiger charge is 2.14. The SMILES string of the molecule is CCCNc1nc(NC)c2nc(NCCC)nc(NC)c2n1.Cl. The first-order valence-electron chi connectivity index (χ1n) is 7.66. The highest BCUT2D eigenvalue weighted by atomic mass is 35.5. The Morgan fingerprint density at radius 1 is 0.696 bits per heavy atom. The topological polar surface area (TPSA) is 99.7 Å². The minimum absolute atomic E-state index is 0. The molecule has 0 bridgehead atoms. The lowest BCUT2D eigenvalue weighted by atomic mass is 10.3. The molecular weight excluding hydrogens is 316 g/mol. The number of hydrogen-bond donors (Lipinski definition) is 4. The van der Waals surface area contributed by atoms with Crippen molar-refractivity contribution >= 4 is 47.0 Å². The van der Waals surface area contributed by atoms with Crippen molar-refractivity contribution in [3.63, 3.8) is 0 Å². The number of fused-ring (bicyclic) bond motifs is 1. The van der Waals surface area contributed by atoms with Crippen molar-refractivity contribution in [2.45, 2.75) is 26.7 Å². The molecule has 2 aromatic rings. The molecule has 0 radical (unpaired) electrons. The molecular formula is C14H25ClN8. The van der Waals surface area contributed by atoms with Crippen LogP contribution in [0, 0.1) is 0 Å². The normalized spacial score (nSPS) is 10.1. The van der Waals surface area contributed by atoms with Crippen LogP contribution in [0.1, 0.15) is 26.7 Å². The average molecular weight is 341 g/mol. The van der Waals surface area contributed by atoms with Gasteiger partial charge in [-0.1, -0.05) is 13.8 Å². The molecule has 4 N–H and O–H groups in total. The lowest BCUT2D eigenvalue weighted by molar-refractivity contribution is 0.949. The summed E-state index contributed by atoms with van der Waals surface area (Å²) in [6.07, 6.45) is 2.01. The molecule has 0 aromatic carbocycles. The molecule has 0 fully saturated rings. The van der Waals surface area contributed by atoms with Gasteiger partial charge >= 0.3 is 0 Å². The van der Waals surface area contributed by atoms with E-state index < -0.39 is 0 Å². The molecule has 8 nitrogen and oxygen atoms in total. The molecule has 0 unspecified atom stereocenters. The first-order valence-corrected chi connectivity index (χ1v) is 7.66. The Balaban J connectivity index is 0.00000264. The van der Waals surface area contributed by atoms with Crippen LogP contribution in [0.15, 0.2) is 0 Å². The van der Waals surface area contributed by atoms with Gasteiger partial charge < -0.3 is 21.3 Å². The maximum absolute atomic E-state index is 4.54. The van der Waals surface area contributed by atoms with Crippen LogP contribution in [0.5, 0.6) is 0 Å². The van der Waals surface area contributed by atoms with Crippen LogP contribution in [0.3, 0.4) is 0 Å². The quantitative estimate of drug-likeness (QED) is 0.582. The van der Waals surface area contributed by atoms with Crippen LogP contribution >= 0.6 is 12.4 Å². The molecule has 2 rings (SSSR count). The van der Waals surface area contributed by atoms with E-state index >= 15 is 0 Å². The smallest absolute Gasteiger partial charge is 0.225 e. The van der Waals surface area contributed by atoms with E-state index in [4.69, 9.17) is 0 Å². The van der Waals surface area contributed by atoms with Crippen molar-refractivity contribution in [3.8, 4) is 0 Å². The van der Waals surface area contributed by atoms with Gasteiger partial charge in [-0.3, -0.25) is 0 Å². The van der Waals surface area contributed by atoms with Gasteiger partial charge in [-0.25, -0.2) is 9.97 Å². The van der Waals surface area contributed by atoms with E-state index in [9.17, 15) is 0 Å². The maximum Gasteiger partial charge on any atom is 0.225 e. The fourth-order valence-electron chi connectivity index (χ4n) is 2.00. The number of rotatable bonds is 8. The van der Waals surface area contributed by atoms with E-state index in [-0.39, 0.29) is 12.4 Å². The zero-order valence-corrected chi connectivity index (χ0v) is 14.8. The lowest BCUT2D eigenvalue weighted by Crippen LogP contribution is -2.11. The predicted octanol–water partition coefficient (Wildman–Crippen LogP) is 2.57. The summed E-state index contributed by atoms with van der Waals surface area (Å²) >= 11 is 0. The zero-order chi connectivity index (χ0) is 15.9. The highest BCUT2D eigenvalue weighted by molar-refractivity contribution is 5.94. The summed E-state index contributed by atoms with van der Waals surface area (Å²) in [7, 11) is 3.65. The summed E-state index contributed by atoms with van der Waals surface area (Å²) in [5.74, 6) is 2.52. The summed E-state index contributed by atoms with van der Waals surface area (Å²) < 4.78 is 0. The van der Waals surface area contributed by atoms with Gasteiger partial charge in [0.15, 0.2) is 11.6 Å². The summed E-state index contributed by atoms with van der Waals surface area (Å²) in [5, 5.41) is 12.6. The third-order valence-electron chi connectivity index (χ3n) is 3.08. The van der Waals surface area contributed by atoms with Gasteiger partial charge in [0.2, 0.25) is 11.9 Å². The van der Waals surface area contributed by atoms with E-state index in [1.807, 2.05) is 14.1 Å². The highest BCUT2D eigenvalue weighted by Crippen LogP contribution is 2.26. The van der Waals surface area contributed by atoms with E-state index in [1.165, 1.54) is 0 Å². The van der Waals surface area contributed by atoms with Gasteiger partial charge in [0, 0.05) is 27.2 Å². The van der Waals surface area contributed by atoms with Crippen LogP contribution in [-0.4, -0.2) is 47.1 Å². The van der Waals surface area contributed by atoms with Gasteiger partial charge in [0.1, 0.15) is 11.0 Å². The first-order chi connectivity index (χ1) is 10.7. The van der Waals surface area contributed by atoms with Gasteiger partial charge in [0.25, 0.3) is 0 Å². The van der Waals surface area contributed by atoms with Crippen molar-refractivity contribution in [2.24, 2.45) is 0 Å². The molecule has 9 heteroatoms. The molecule has 2 aromatic heterocycles. The number of aromatic nitrogens is 4. The Hall–Kier alpha value is -2.09. The van der Waals surface area contributed by atoms with Crippen molar-refractivity contribution in [2.75, 3.05) is 48.5 Å². The van der Waals surface area contributed by atoms with Gasteiger partial charge in [-0.05, 0) is 12.8 Å². The Kier molecular flexibility index (Phi) is 7.53. The molecule has 0 aliphatic heterocycles. The number of nitrogens with one attached hydrogen (secondary N) is 4. The van der Waals surface area contributed by atoms with Crippen LogP contribution in [0.4, 0.5) is 23.5 Å². The first kappa shape index (κ1) is 19.0. The van der Waals surface area contributed by atoms with Crippen LogP contribution in [-0.2, 0) is 0 Å². The molecule has 0 spiro atoms. The predicted molar refractivity (Wildman–Crippen MR) is 99.0 cm³/mol. The molecule has 2 heterocycles. The standard InChI is InChI=1S/C14H24N8.ClH/c1-5-7-17-13-19-9-10(11(15-3)21-13)20-14(18-8-6-2)22-12(9)16-4;/h5-8H2,1-4H3,(H2,15,17,19,21)(H2,16,18,20,22);1H. The van der Waals surface area contributed by atoms with Crippen LogP contribution < -0.4 is 21.3 Å². The van der Waals surface area contributed by atoms with Gasteiger partial charge in [0.05, 0.1) is 0 Å². The summed E-state index contributed by atoms with van der Waals surface area (Å²) in [5.41, 5.74) is 1.39. The van der Waals surface area contributed by atoms with Crippen LogP contribution in [0.25, 0.3) is 11.0 Å². The molecule has 0 aliphatic carbocycles. The average Bonchev–Trinajstić information content (AvgIpc) is 2.56. The fourth-order valence-corrected chi connectivity index (χ4v) is 2.00. The monoisotopic (exact) mass is 340 g/mol. The molecule has 0 saturated heterocycles. The van der Waals surface area contributed by atoms with Gasteiger partial charge in [-0.2, -0.15) is 9.97 Å². The second kappa shape index (κ2) is 9.14. The fraction of sp³-hybridized carbons (Fsp3) is 0.571. The molecule has 0 saturated carbocycles. The largest absolute Gasteiger partial charge is 0.371 e. The van der Waals surface area contributed by atoms with Crippen molar-refractivity contribution in [3.05, 3.63) is 0 Å². The Morgan fingerprint density at radius 2 is 1.09 bits per heavy atom. The van der Waals surface area contributed by atoms with E-state index in [2.05, 4.69) is 55.1 Å². The Morgan fingerprint density at radius 3 is 1.39 bits per heavy atom. The molecule has 0 amide bonds. The van der Waals surface area contributed by atoms with E-state index in [1.54, 1.807) is 0 Å². The van der Waals surface area contributed by atoms with Crippen molar-refractivity contribution in [1.29, 1.82) is 0 Å². The Labute approximate surface area is 142 Å². The van der Waals surface area contributed by atoms with E-state index in [0.29, 0.717) is 34.6 Å². The lowest BCUT2D eigenvalue weighted by Gasteiger charge is -2.13. The molecule has 23 heavy (non-hydrogen) atoms. The minimum atomic E-state index is 0. The third-order valence-corrected chi connectivity index (χ3v) is 3.08. The van der Waals surface area contributed by atoms with Crippen molar-refractivity contribution < 1.29 is 0 Å². The number of halogens is 1. The summed E-state index contributed by atoms with van der Waals surface area (Å²) in [6.45, 7) is 5.84. The molecule has 0 aliphatic rings. The van der Waals surface area contributed by atoms with E-state index in [0.717, 1.165) is 25.9 Å². The zero-order valence-electron chi connectivity index (χ0n) is 14.0. The molecule has 0 atom stereocenters. The number of hydrogen-bond acceptors (Lipinski definition) is 8. The Bertz CT molecular complexity index is 578. The number of anilines is 4. The molecule has 128 valence electrons. The summed E-state index contributed by atoms with van der Waals surface area (Å²) in [4.78, 5) is 18.0. The number of nitrogens with zero attached hydrogens (tertiary/aromatic N) is 4. The maximum atomic E-state index is 4.54. The minimum Gasteiger partial charge on any atom is -0.371 e. The van der Waals surface area contributed by atoms with Gasteiger partial charge in [-0.15, -0.1) is 12.4 Å². The summed E-state index contributed by atoms with van der Waals surface area (Å²) in [6, 6.07) is 0. The third kappa shape index (κ3) is 4.44. The second-order valence-electron chi connectivity index (χ2n) is 4.84.